The van der Waals surface area contributed by atoms with E-state index in [1.54, 1.807) is 11.3 Å². The maximum absolute atomic E-state index is 9.71. The van der Waals surface area contributed by atoms with E-state index in [4.69, 9.17) is 0 Å². The predicted molar refractivity (Wildman–Crippen MR) is 92.0 cm³/mol. The van der Waals surface area contributed by atoms with E-state index in [1.165, 1.54) is 22.4 Å². The van der Waals surface area contributed by atoms with E-state index < -0.39 is 0 Å². The second-order valence-corrected chi connectivity index (χ2v) is 7.43. The summed E-state index contributed by atoms with van der Waals surface area (Å²) < 4.78 is 0. The summed E-state index contributed by atoms with van der Waals surface area (Å²) in [5, 5.41) is 14.3. The fraction of sp³-hybridized carbons (Fsp3) is 0.500. The van der Waals surface area contributed by atoms with Gasteiger partial charge in [0, 0.05) is 23.2 Å². The van der Waals surface area contributed by atoms with Crippen molar-refractivity contribution in [2.45, 2.75) is 45.3 Å². The number of benzene rings is 1. The van der Waals surface area contributed by atoms with Gasteiger partial charge >= 0.3 is 0 Å². The van der Waals surface area contributed by atoms with Gasteiger partial charge in [0.1, 0.15) is 5.01 Å². The summed E-state index contributed by atoms with van der Waals surface area (Å²) in [6, 6.07) is 8.52. The first-order chi connectivity index (χ1) is 10.7. The molecule has 1 aromatic heterocycles. The smallest absolute Gasteiger partial charge is 0.123 e. The minimum Gasteiger partial charge on any atom is -0.393 e. The van der Waals surface area contributed by atoms with E-state index in [0.29, 0.717) is 5.92 Å². The zero-order valence-electron chi connectivity index (χ0n) is 13.1. The normalized spacial score (nSPS) is 21.9. The number of thiazole rings is 1. The van der Waals surface area contributed by atoms with E-state index in [1.807, 2.05) is 6.20 Å². The zero-order chi connectivity index (χ0) is 15.4. The molecule has 1 saturated carbocycles. The van der Waals surface area contributed by atoms with Crippen molar-refractivity contribution in [3.63, 3.8) is 0 Å². The first kappa shape index (κ1) is 15.7. The van der Waals surface area contributed by atoms with Crippen molar-refractivity contribution in [2.75, 3.05) is 6.54 Å². The molecule has 0 aliphatic heterocycles. The van der Waals surface area contributed by atoms with Crippen LogP contribution in [0.4, 0.5) is 0 Å². The van der Waals surface area contributed by atoms with E-state index in [2.05, 4.69) is 41.5 Å². The van der Waals surface area contributed by atoms with Gasteiger partial charge in [-0.3, -0.25) is 0 Å². The summed E-state index contributed by atoms with van der Waals surface area (Å²) in [7, 11) is 0. The van der Waals surface area contributed by atoms with Crippen LogP contribution in [-0.2, 0) is 6.54 Å². The fourth-order valence-corrected chi connectivity index (χ4v) is 3.95. The Balaban J connectivity index is 1.50. The summed E-state index contributed by atoms with van der Waals surface area (Å²) >= 11 is 1.76. The molecule has 2 aromatic rings. The Bertz CT molecular complexity index is 593. The Morgan fingerprint density at radius 2 is 2.09 bits per heavy atom. The van der Waals surface area contributed by atoms with Crippen LogP contribution in [0.15, 0.2) is 30.5 Å². The lowest BCUT2D eigenvalue weighted by Gasteiger charge is -2.25. The van der Waals surface area contributed by atoms with Crippen molar-refractivity contribution >= 4 is 11.3 Å². The Labute approximate surface area is 136 Å². The Kier molecular flexibility index (Phi) is 5.24. The molecular formula is C18H24N2OS. The molecule has 4 heteroatoms. The van der Waals surface area contributed by atoms with Crippen LogP contribution in [0.3, 0.4) is 0 Å². The molecule has 1 aliphatic rings. The molecule has 2 atom stereocenters. The lowest BCUT2D eigenvalue weighted by Crippen LogP contribution is -2.28. The lowest BCUT2D eigenvalue weighted by atomic mass is 9.87. The van der Waals surface area contributed by atoms with E-state index in [0.717, 1.165) is 37.4 Å². The number of hydrogen-bond donors (Lipinski definition) is 2. The monoisotopic (exact) mass is 316 g/mol. The topological polar surface area (TPSA) is 45.2 Å². The van der Waals surface area contributed by atoms with Crippen molar-refractivity contribution in [1.29, 1.82) is 0 Å². The standard InChI is InChI=1S/C18H24N2OS/c1-13-5-7-15(8-6-13)18-20-12-17(22-18)11-19-10-14-3-2-4-16(21)9-14/h5-8,12,14,16,19,21H,2-4,9-11H2,1H3. The van der Waals surface area contributed by atoms with E-state index in [9.17, 15) is 5.11 Å². The molecule has 0 radical (unpaired) electrons. The van der Waals surface area contributed by atoms with Gasteiger partial charge in [-0.15, -0.1) is 11.3 Å². The molecule has 1 heterocycles. The first-order valence-electron chi connectivity index (χ1n) is 8.11. The van der Waals surface area contributed by atoms with Crippen LogP contribution in [-0.4, -0.2) is 22.7 Å². The van der Waals surface area contributed by atoms with Gasteiger partial charge in [-0.2, -0.15) is 0 Å². The molecule has 1 aliphatic carbocycles. The van der Waals surface area contributed by atoms with Crippen LogP contribution in [0.5, 0.6) is 0 Å². The number of aliphatic hydroxyl groups excluding tert-OH is 1. The molecule has 2 unspecified atom stereocenters. The van der Waals surface area contributed by atoms with E-state index in [-0.39, 0.29) is 6.10 Å². The van der Waals surface area contributed by atoms with Gasteiger partial charge in [0.25, 0.3) is 0 Å². The Morgan fingerprint density at radius 1 is 1.27 bits per heavy atom. The van der Waals surface area contributed by atoms with Gasteiger partial charge in [0.15, 0.2) is 0 Å². The number of rotatable bonds is 5. The molecule has 0 amide bonds. The van der Waals surface area contributed by atoms with Crippen molar-refractivity contribution in [3.8, 4) is 10.6 Å². The second-order valence-electron chi connectivity index (χ2n) is 6.32. The summed E-state index contributed by atoms with van der Waals surface area (Å²) in [5.74, 6) is 0.619. The van der Waals surface area contributed by atoms with Crippen LogP contribution in [0.2, 0.25) is 0 Å². The summed E-state index contributed by atoms with van der Waals surface area (Å²) in [6.45, 7) is 3.97. The summed E-state index contributed by atoms with van der Waals surface area (Å²) in [6.07, 6.45) is 6.21. The largest absolute Gasteiger partial charge is 0.393 e. The molecule has 1 fully saturated rings. The third-order valence-corrected chi connectivity index (χ3v) is 5.39. The van der Waals surface area contributed by atoms with Gasteiger partial charge < -0.3 is 10.4 Å². The highest BCUT2D eigenvalue weighted by atomic mass is 32.1. The van der Waals surface area contributed by atoms with Crippen LogP contribution in [0.1, 0.15) is 36.1 Å². The van der Waals surface area contributed by atoms with Crippen LogP contribution >= 0.6 is 11.3 Å². The minimum absolute atomic E-state index is 0.0860. The van der Waals surface area contributed by atoms with Gasteiger partial charge in [0.2, 0.25) is 0 Å². The number of aliphatic hydroxyl groups is 1. The third-order valence-electron chi connectivity index (χ3n) is 4.34. The molecule has 118 valence electrons. The maximum atomic E-state index is 9.71. The molecule has 0 spiro atoms. The average molecular weight is 316 g/mol. The highest BCUT2D eigenvalue weighted by Crippen LogP contribution is 2.26. The second kappa shape index (κ2) is 7.36. The van der Waals surface area contributed by atoms with Crippen LogP contribution in [0, 0.1) is 12.8 Å². The third kappa shape index (κ3) is 4.15. The molecule has 0 bridgehead atoms. The van der Waals surface area contributed by atoms with Crippen molar-refractivity contribution < 1.29 is 5.11 Å². The molecular weight excluding hydrogens is 292 g/mol. The predicted octanol–water partition coefficient (Wildman–Crippen LogP) is 3.76. The minimum atomic E-state index is -0.0860. The van der Waals surface area contributed by atoms with Gasteiger partial charge in [-0.05, 0) is 38.6 Å². The molecule has 3 nitrogen and oxygen atoms in total. The van der Waals surface area contributed by atoms with E-state index >= 15 is 0 Å². The molecule has 3 rings (SSSR count). The maximum Gasteiger partial charge on any atom is 0.123 e. The average Bonchev–Trinajstić information content (AvgIpc) is 2.97. The Hall–Kier alpha value is -1.23. The molecule has 0 saturated heterocycles. The number of nitrogens with one attached hydrogen (secondary N) is 1. The SMILES string of the molecule is Cc1ccc(-c2ncc(CNCC3CCCC(O)C3)s2)cc1. The highest BCUT2D eigenvalue weighted by Gasteiger charge is 2.19. The summed E-state index contributed by atoms with van der Waals surface area (Å²) in [4.78, 5) is 5.80. The van der Waals surface area contributed by atoms with Crippen molar-refractivity contribution in [2.24, 2.45) is 5.92 Å². The number of hydrogen-bond acceptors (Lipinski definition) is 4. The van der Waals surface area contributed by atoms with Gasteiger partial charge in [0.05, 0.1) is 6.10 Å². The highest BCUT2D eigenvalue weighted by molar-refractivity contribution is 7.15. The fourth-order valence-electron chi connectivity index (χ4n) is 3.07. The number of aryl methyl sites for hydroxylation is 1. The quantitative estimate of drug-likeness (QED) is 0.883. The first-order valence-corrected chi connectivity index (χ1v) is 8.93. The van der Waals surface area contributed by atoms with Crippen LogP contribution < -0.4 is 5.32 Å². The van der Waals surface area contributed by atoms with Gasteiger partial charge in [-0.1, -0.05) is 36.2 Å². The zero-order valence-corrected chi connectivity index (χ0v) is 13.9. The lowest BCUT2D eigenvalue weighted by molar-refractivity contribution is 0.101. The molecule has 2 N–H and O–H groups in total. The molecule has 1 aromatic carbocycles. The Morgan fingerprint density at radius 3 is 2.86 bits per heavy atom. The van der Waals surface area contributed by atoms with Crippen molar-refractivity contribution in [3.05, 3.63) is 40.9 Å². The molecule has 22 heavy (non-hydrogen) atoms. The van der Waals surface area contributed by atoms with Gasteiger partial charge in [-0.25, -0.2) is 4.98 Å². The van der Waals surface area contributed by atoms with Crippen molar-refractivity contribution in [1.82, 2.24) is 10.3 Å². The van der Waals surface area contributed by atoms with Crippen LogP contribution in [0.25, 0.3) is 10.6 Å². The number of aromatic nitrogens is 1. The summed E-state index contributed by atoms with van der Waals surface area (Å²) in [5.41, 5.74) is 2.47. The number of nitrogens with zero attached hydrogens (tertiary/aromatic N) is 1.